The molecule has 2 aromatic rings. The summed E-state index contributed by atoms with van der Waals surface area (Å²) in [6.07, 6.45) is 2.00. The van der Waals surface area contributed by atoms with Crippen molar-refractivity contribution < 1.29 is 8.78 Å². The molecule has 1 nitrogen and oxygen atoms in total. The van der Waals surface area contributed by atoms with Crippen molar-refractivity contribution in [3.8, 4) is 11.1 Å². The maximum atomic E-state index is 14.1. The summed E-state index contributed by atoms with van der Waals surface area (Å²) < 4.78 is 28.1. The first-order valence-electron chi connectivity index (χ1n) is 7.41. The van der Waals surface area contributed by atoms with Crippen molar-refractivity contribution >= 4 is 0 Å². The van der Waals surface area contributed by atoms with E-state index in [1.165, 1.54) is 12.1 Å². The van der Waals surface area contributed by atoms with Crippen LogP contribution in [0.5, 0.6) is 0 Å². The maximum Gasteiger partial charge on any atom is 0.131 e. The summed E-state index contributed by atoms with van der Waals surface area (Å²) in [4.78, 5) is 0. The van der Waals surface area contributed by atoms with Gasteiger partial charge in [0.15, 0.2) is 0 Å². The monoisotopic (exact) mass is 287 g/mol. The van der Waals surface area contributed by atoms with Crippen LogP contribution in [0.2, 0.25) is 0 Å². The molecule has 0 aromatic heterocycles. The van der Waals surface area contributed by atoms with Crippen LogP contribution in [0.25, 0.3) is 11.1 Å². The van der Waals surface area contributed by atoms with Gasteiger partial charge in [-0.05, 0) is 73.7 Å². The van der Waals surface area contributed by atoms with Crippen molar-refractivity contribution in [1.82, 2.24) is 5.32 Å². The predicted molar refractivity (Wildman–Crippen MR) is 81.4 cm³/mol. The van der Waals surface area contributed by atoms with Gasteiger partial charge in [0.25, 0.3) is 0 Å². The first-order chi connectivity index (χ1) is 10.1. The van der Waals surface area contributed by atoms with Gasteiger partial charge in [-0.25, -0.2) is 8.78 Å². The molecule has 2 aromatic carbocycles. The Balaban J connectivity index is 2.00. The third-order valence-corrected chi connectivity index (χ3v) is 4.17. The number of halogens is 2. The van der Waals surface area contributed by atoms with E-state index in [4.69, 9.17) is 0 Å². The van der Waals surface area contributed by atoms with Crippen LogP contribution in [-0.4, -0.2) is 13.1 Å². The van der Waals surface area contributed by atoms with E-state index in [0.29, 0.717) is 17.0 Å². The molecule has 0 bridgehead atoms. The fourth-order valence-electron chi connectivity index (χ4n) is 3.01. The van der Waals surface area contributed by atoms with E-state index in [1.54, 1.807) is 12.1 Å². The smallest absolute Gasteiger partial charge is 0.131 e. The molecule has 1 N–H and O–H groups in total. The van der Waals surface area contributed by atoms with E-state index in [0.717, 1.165) is 37.1 Å². The highest BCUT2D eigenvalue weighted by Crippen LogP contribution is 2.31. The molecule has 0 saturated carbocycles. The molecule has 0 aliphatic carbocycles. The molecule has 1 aliphatic rings. The fourth-order valence-corrected chi connectivity index (χ4v) is 3.01. The summed E-state index contributed by atoms with van der Waals surface area (Å²) in [7, 11) is 0. The van der Waals surface area contributed by atoms with Gasteiger partial charge in [-0.2, -0.15) is 0 Å². The van der Waals surface area contributed by atoms with Gasteiger partial charge in [-0.3, -0.25) is 0 Å². The van der Waals surface area contributed by atoms with Crippen molar-refractivity contribution in [3.63, 3.8) is 0 Å². The van der Waals surface area contributed by atoms with Gasteiger partial charge < -0.3 is 5.32 Å². The minimum absolute atomic E-state index is 0.291. The molecule has 1 saturated heterocycles. The lowest BCUT2D eigenvalue weighted by atomic mass is 9.88. The summed E-state index contributed by atoms with van der Waals surface area (Å²) in [6, 6.07) is 10.0. The van der Waals surface area contributed by atoms with Gasteiger partial charge >= 0.3 is 0 Å². The molecule has 0 atom stereocenters. The summed E-state index contributed by atoms with van der Waals surface area (Å²) in [5, 5.41) is 3.31. The number of piperidine rings is 1. The molecular formula is C18H19F2N. The van der Waals surface area contributed by atoms with Gasteiger partial charge in [0, 0.05) is 5.56 Å². The van der Waals surface area contributed by atoms with Crippen LogP contribution in [-0.2, 0) is 0 Å². The Hall–Kier alpha value is -1.74. The summed E-state index contributed by atoms with van der Waals surface area (Å²) in [6.45, 7) is 3.75. The average Bonchev–Trinajstić information content (AvgIpc) is 2.47. The summed E-state index contributed by atoms with van der Waals surface area (Å²) in [5.74, 6) is -0.230. The first kappa shape index (κ1) is 14.2. The van der Waals surface area contributed by atoms with E-state index in [-0.39, 0.29) is 11.6 Å². The molecule has 0 unspecified atom stereocenters. The molecule has 0 spiro atoms. The Labute approximate surface area is 124 Å². The lowest BCUT2D eigenvalue weighted by molar-refractivity contribution is 0.458. The lowest BCUT2D eigenvalue weighted by Crippen LogP contribution is -2.26. The van der Waals surface area contributed by atoms with Crippen molar-refractivity contribution in [3.05, 3.63) is 59.2 Å². The van der Waals surface area contributed by atoms with Crippen molar-refractivity contribution in [1.29, 1.82) is 0 Å². The number of hydrogen-bond acceptors (Lipinski definition) is 1. The van der Waals surface area contributed by atoms with Crippen LogP contribution in [0.15, 0.2) is 36.4 Å². The minimum atomic E-state index is -0.295. The Morgan fingerprint density at radius 2 is 1.76 bits per heavy atom. The number of rotatable bonds is 2. The van der Waals surface area contributed by atoms with Crippen molar-refractivity contribution in [2.75, 3.05) is 13.1 Å². The van der Waals surface area contributed by atoms with Crippen LogP contribution in [0.3, 0.4) is 0 Å². The number of aryl methyl sites for hydroxylation is 1. The van der Waals surface area contributed by atoms with Crippen molar-refractivity contribution in [2.24, 2.45) is 0 Å². The van der Waals surface area contributed by atoms with Crippen LogP contribution in [0, 0.1) is 18.6 Å². The minimum Gasteiger partial charge on any atom is -0.317 e. The molecule has 3 heteroatoms. The van der Waals surface area contributed by atoms with E-state index in [1.807, 2.05) is 19.1 Å². The molecule has 110 valence electrons. The highest BCUT2D eigenvalue weighted by molar-refractivity contribution is 5.65. The number of hydrogen-bond donors (Lipinski definition) is 1. The van der Waals surface area contributed by atoms with E-state index in [2.05, 4.69) is 5.32 Å². The van der Waals surface area contributed by atoms with Gasteiger partial charge in [-0.1, -0.05) is 18.2 Å². The normalized spacial score (nSPS) is 16.1. The largest absolute Gasteiger partial charge is 0.317 e. The topological polar surface area (TPSA) is 12.0 Å². The molecule has 1 aliphatic heterocycles. The van der Waals surface area contributed by atoms with Crippen molar-refractivity contribution in [2.45, 2.75) is 25.7 Å². The number of nitrogens with one attached hydrogen (secondary N) is 1. The predicted octanol–water partition coefficient (Wildman–Crippen LogP) is 4.41. The first-order valence-corrected chi connectivity index (χ1v) is 7.41. The van der Waals surface area contributed by atoms with Crippen LogP contribution >= 0.6 is 0 Å². The molecule has 3 rings (SSSR count). The Morgan fingerprint density at radius 1 is 1.00 bits per heavy atom. The van der Waals surface area contributed by atoms with Gasteiger partial charge in [-0.15, -0.1) is 0 Å². The molecular weight excluding hydrogens is 268 g/mol. The average molecular weight is 287 g/mol. The van der Waals surface area contributed by atoms with E-state index >= 15 is 0 Å². The van der Waals surface area contributed by atoms with Gasteiger partial charge in [0.1, 0.15) is 11.6 Å². The summed E-state index contributed by atoms with van der Waals surface area (Å²) >= 11 is 0. The molecule has 1 heterocycles. The van der Waals surface area contributed by atoms with Crippen LogP contribution < -0.4 is 5.32 Å². The Kier molecular flexibility index (Phi) is 4.02. The molecule has 0 amide bonds. The zero-order valence-electron chi connectivity index (χ0n) is 12.1. The molecule has 1 fully saturated rings. The second-order valence-electron chi connectivity index (χ2n) is 5.78. The highest BCUT2D eigenvalue weighted by Gasteiger charge is 2.17. The zero-order chi connectivity index (χ0) is 14.8. The third kappa shape index (κ3) is 3.13. The lowest BCUT2D eigenvalue weighted by Gasteiger charge is -2.23. The molecule has 21 heavy (non-hydrogen) atoms. The third-order valence-electron chi connectivity index (χ3n) is 4.17. The van der Waals surface area contributed by atoms with Crippen LogP contribution in [0.1, 0.15) is 29.9 Å². The zero-order valence-corrected chi connectivity index (χ0v) is 12.1. The number of benzene rings is 2. The Bertz CT molecular complexity index is 646. The van der Waals surface area contributed by atoms with E-state index in [9.17, 15) is 8.78 Å². The standard InChI is InChI=1S/C18H19F2N/c1-12-2-3-17(18(20)8-12)15-9-14(10-16(19)11-15)13-4-6-21-7-5-13/h2-3,8-11,13,21H,4-7H2,1H3. The Morgan fingerprint density at radius 3 is 2.48 bits per heavy atom. The SMILES string of the molecule is Cc1ccc(-c2cc(F)cc(C3CCNCC3)c2)c(F)c1. The van der Waals surface area contributed by atoms with Gasteiger partial charge in [0.2, 0.25) is 0 Å². The quantitative estimate of drug-likeness (QED) is 0.863. The van der Waals surface area contributed by atoms with E-state index < -0.39 is 0 Å². The second-order valence-corrected chi connectivity index (χ2v) is 5.78. The highest BCUT2D eigenvalue weighted by atomic mass is 19.1. The van der Waals surface area contributed by atoms with Crippen LogP contribution in [0.4, 0.5) is 8.78 Å². The molecule has 0 radical (unpaired) electrons. The second kappa shape index (κ2) is 5.94. The fraction of sp³-hybridized carbons (Fsp3) is 0.333. The van der Waals surface area contributed by atoms with Gasteiger partial charge in [0.05, 0.1) is 0 Å². The summed E-state index contributed by atoms with van der Waals surface area (Å²) in [5.41, 5.74) is 2.94. The maximum absolute atomic E-state index is 14.1.